The van der Waals surface area contributed by atoms with Crippen molar-refractivity contribution in [3.8, 4) is 11.5 Å². The van der Waals surface area contributed by atoms with E-state index in [4.69, 9.17) is 9.47 Å². The summed E-state index contributed by atoms with van der Waals surface area (Å²) in [6.07, 6.45) is 1.80. The van der Waals surface area contributed by atoms with E-state index in [0.29, 0.717) is 47.1 Å². The van der Waals surface area contributed by atoms with Crippen molar-refractivity contribution in [3.63, 3.8) is 0 Å². The topological polar surface area (TPSA) is 55.8 Å². The van der Waals surface area contributed by atoms with Gasteiger partial charge in [0.2, 0.25) is 0 Å². The highest BCUT2D eigenvalue weighted by atomic mass is 16.6. The summed E-state index contributed by atoms with van der Waals surface area (Å²) in [5.41, 5.74) is 3.85. The highest BCUT2D eigenvalue weighted by Gasteiger charge is 2.36. The molecule has 0 spiro atoms. The Morgan fingerprint density at radius 1 is 0.800 bits per heavy atom. The molecule has 0 radical (unpaired) electrons. The molecule has 3 aromatic rings. The number of rotatable bonds is 2. The fraction of sp³-hybridized carbons (Fsp3) is 0.120. The van der Waals surface area contributed by atoms with E-state index in [2.05, 4.69) is 0 Å². The van der Waals surface area contributed by atoms with Gasteiger partial charge in [-0.25, -0.2) is 4.90 Å². The Bertz CT molecular complexity index is 1210. The zero-order valence-corrected chi connectivity index (χ0v) is 16.4. The van der Waals surface area contributed by atoms with Gasteiger partial charge in [-0.15, -0.1) is 0 Å². The summed E-state index contributed by atoms with van der Waals surface area (Å²) in [5.74, 6) is 0.682. The molecule has 0 N–H and O–H groups in total. The number of nitrogens with zero attached hydrogens (tertiary/aromatic N) is 1. The molecule has 2 heterocycles. The van der Waals surface area contributed by atoms with Crippen molar-refractivity contribution in [2.45, 2.75) is 6.92 Å². The normalized spacial score (nSPS) is 16.6. The van der Waals surface area contributed by atoms with E-state index in [9.17, 15) is 9.59 Å². The Kier molecular flexibility index (Phi) is 4.36. The third kappa shape index (κ3) is 2.95. The van der Waals surface area contributed by atoms with Crippen LogP contribution in [-0.2, 0) is 4.79 Å². The fourth-order valence-corrected chi connectivity index (χ4v) is 3.84. The number of benzene rings is 3. The second-order valence-electron chi connectivity index (χ2n) is 7.24. The minimum Gasteiger partial charge on any atom is -0.486 e. The molecule has 0 aromatic heterocycles. The SMILES string of the molecule is Cc1ccccc1N1C(=O)/C(=C/c2ccc3c(c2)OCCO3)c2ccccc2C1=O. The lowest BCUT2D eigenvalue weighted by molar-refractivity contribution is -0.112. The molecule has 30 heavy (non-hydrogen) atoms. The quantitative estimate of drug-likeness (QED) is 0.472. The molecule has 0 bridgehead atoms. The lowest BCUT2D eigenvalue weighted by Crippen LogP contribution is -2.42. The van der Waals surface area contributed by atoms with E-state index in [-0.39, 0.29) is 11.8 Å². The summed E-state index contributed by atoms with van der Waals surface area (Å²) in [5, 5.41) is 0. The van der Waals surface area contributed by atoms with Crippen LogP contribution in [0, 0.1) is 6.92 Å². The summed E-state index contributed by atoms with van der Waals surface area (Å²) in [4.78, 5) is 28.0. The Labute approximate surface area is 174 Å². The van der Waals surface area contributed by atoms with Crippen molar-refractivity contribution < 1.29 is 19.1 Å². The van der Waals surface area contributed by atoms with Gasteiger partial charge in [0.25, 0.3) is 11.8 Å². The van der Waals surface area contributed by atoms with Crippen molar-refractivity contribution in [3.05, 3.63) is 89.0 Å². The second kappa shape index (κ2) is 7.19. The molecule has 0 aliphatic carbocycles. The number of hydrogen-bond donors (Lipinski definition) is 0. The number of amides is 2. The average molecular weight is 397 g/mol. The van der Waals surface area contributed by atoms with Gasteiger partial charge in [0.1, 0.15) is 13.2 Å². The number of aryl methyl sites for hydroxylation is 1. The van der Waals surface area contributed by atoms with Gasteiger partial charge in [-0.1, -0.05) is 42.5 Å². The molecule has 5 rings (SSSR count). The summed E-state index contributed by atoms with van der Waals surface area (Å²) < 4.78 is 11.3. The van der Waals surface area contributed by atoms with Crippen LogP contribution in [0.5, 0.6) is 11.5 Å². The van der Waals surface area contributed by atoms with Gasteiger partial charge in [0.05, 0.1) is 5.69 Å². The van der Waals surface area contributed by atoms with Crippen molar-refractivity contribution in [2.75, 3.05) is 18.1 Å². The number of ether oxygens (including phenoxy) is 2. The lowest BCUT2D eigenvalue weighted by Gasteiger charge is -2.29. The first-order valence-corrected chi connectivity index (χ1v) is 9.78. The number of carbonyl (C=O) groups excluding carboxylic acids is 2. The van der Waals surface area contributed by atoms with E-state index in [1.165, 1.54) is 4.90 Å². The molecule has 5 nitrogen and oxygen atoms in total. The maximum atomic E-state index is 13.5. The third-order valence-corrected chi connectivity index (χ3v) is 5.32. The van der Waals surface area contributed by atoms with Gasteiger partial charge in [-0.05, 0) is 54.0 Å². The molecule has 2 aliphatic heterocycles. The summed E-state index contributed by atoms with van der Waals surface area (Å²) >= 11 is 0. The molecule has 2 amide bonds. The monoisotopic (exact) mass is 397 g/mol. The molecule has 5 heteroatoms. The smallest absolute Gasteiger partial charge is 0.265 e. The van der Waals surface area contributed by atoms with Crippen LogP contribution in [-0.4, -0.2) is 25.0 Å². The zero-order valence-electron chi connectivity index (χ0n) is 16.4. The Morgan fingerprint density at radius 2 is 1.50 bits per heavy atom. The Morgan fingerprint density at radius 3 is 2.30 bits per heavy atom. The molecule has 0 fully saturated rings. The number of anilines is 1. The fourth-order valence-electron chi connectivity index (χ4n) is 3.84. The van der Waals surface area contributed by atoms with E-state index >= 15 is 0 Å². The van der Waals surface area contributed by atoms with E-state index in [0.717, 1.165) is 11.1 Å². The van der Waals surface area contributed by atoms with Crippen molar-refractivity contribution in [1.29, 1.82) is 0 Å². The Hall–Kier alpha value is -3.86. The van der Waals surface area contributed by atoms with E-state index in [1.54, 1.807) is 18.2 Å². The number of fused-ring (bicyclic) bond motifs is 2. The van der Waals surface area contributed by atoms with Crippen LogP contribution in [0.15, 0.2) is 66.7 Å². The van der Waals surface area contributed by atoms with E-state index < -0.39 is 0 Å². The second-order valence-corrected chi connectivity index (χ2v) is 7.24. The maximum Gasteiger partial charge on any atom is 0.265 e. The largest absolute Gasteiger partial charge is 0.486 e. The summed E-state index contributed by atoms with van der Waals surface area (Å²) in [6, 6.07) is 20.2. The minimum absolute atomic E-state index is 0.316. The van der Waals surface area contributed by atoms with Gasteiger partial charge >= 0.3 is 0 Å². The van der Waals surface area contributed by atoms with Gasteiger partial charge in [-0.3, -0.25) is 9.59 Å². The predicted molar refractivity (Wildman–Crippen MR) is 115 cm³/mol. The number of imide groups is 1. The molecule has 0 saturated carbocycles. The van der Waals surface area contributed by atoms with Crippen molar-refractivity contribution >= 4 is 29.2 Å². The predicted octanol–water partition coefficient (Wildman–Crippen LogP) is 4.49. The van der Waals surface area contributed by atoms with Crippen molar-refractivity contribution in [2.24, 2.45) is 0 Å². The lowest BCUT2D eigenvalue weighted by atomic mass is 9.91. The standard InChI is InChI=1S/C25H19NO4/c1-16-6-2-5-9-21(16)26-24(27)19-8-4-3-7-18(19)20(25(26)28)14-17-10-11-22-23(15-17)30-13-12-29-22/h2-11,14-15H,12-13H2,1H3/b20-14+. The Balaban J connectivity index is 1.66. The molecule has 3 aromatic carbocycles. The van der Waals surface area contributed by atoms with Crippen LogP contribution in [0.3, 0.4) is 0 Å². The minimum atomic E-state index is -0.345. The van der Waals surface area contributed by atoms with Crippen LogP contribution >= 0.6 is 0 Å². The molecule has 0 atom stereocenters. The van der Waals surface area contributed by atoms with Crippen LogP contribution in [0.4, 0.5) is 5.69 Å². The third-order valence-electron chi connectivity index (χ3n) is 5.32. The number of para-hydroxylation sites is 1. The molecule has 2 aliphatic rings. The van der Waals surface area contributed by atoms with Gasteiger partial charge in [0.15, 0.2) is 11.5 Å². The summed E-state index contributed by atoms with van der Waals surface area (Å²) in [7, 11) is 0. The molecule has 148 valence electrons. The van der Waals surface area contributed by atoms with Crippen LogP contribution in [0.2, 0.25) is 0 Å². The zero-order chi connectivity index (χ0) is 20.7. The highest BCUT2D eigenvalue weighted by molar-refractivity contribution is 6.43. The van der Waals surface area contributed by atoms with Gasteiger partial charge in [-0.2, -0.15) is 0 Å². The van der Waals surface area contributed by atoms with E-state index in [1.807, 2.05) is 61.5 Å². The van der Waals surface area contributed by atoms with Crippen LogP contribution < -0.4 is 14.4 Å². The van der Waals surface area contributed by atoms with Crippen molar-refractivity contribution in [1.82, 2.24) is 0 Å². The molecule has 0 unspecified atom stereocenters. The first kappa shape index (κ1) is 18.2. The first-order chi connectivity index (χ1) is 14.6. The number of hydrogen-bond acceptors (Lipinski definition) is 4. The average Bonchev–Trinajstić information content (AvgIpc) is 2.78. The molecular weight excluding hydrogens is 378 g/mol. The molecular formula is C25H19NO4. The number of carbonyl (C=O) groups is 2. The van der Waals surface area contributed by atoms with Gasteiger partial charge in [0, 0.05) is 11.1 Å². The molecule has 0 saturated heterocycles. The summed E-state index contributed by atoms with van der Waals surface area (Å²) in [6.45, 7) is 2.90. The highest BCUT2D eigenvalue weighted by Crippen LogP contribution is 2.36. The maximum absolute atomic E-state index is 13.5. The van der Waals surface area contributed by atoms with Crippen LogP contribution in [0.1, 0.15) is 27.0 Å². The van der Waals surface area contributed by atoms with Gasteiger partial charge < -0.3 is 9.47 Å². The van der Waals surface area contributed by atoms with Crippen LogP contribution in [0.25, 0.3) is 11.6 Å². The first-order valence-electron chi connectivity index (χ1n) is 9.78.